The summed E-state index contributed by atoms with van der Waals surface area (Å²) in [6.45, 7) is 6.87. The third-order valence-electron chi connectivity index (χ3n) is 4.46. The summed E-state index contributed by atoms with van der Waals surface area (Å²) < 4.78 is 13.7. The SMILES string of the molecule is CCC1(C)CCN(c2cccc(F)c2CN)CC1. The molecule has 2 nitrogen and oxygen atoms in total. The third kappa shape index (κ3) is 2.51. The molecule has 0 saturated carbocycles. The van der Waals surface area contributed by atoms with Crippen molar-refractivity contribution in [2.45, 2.75) is 39.7 Å². The van der Waals surface area contributed by atoms with E-state index in [2.05, 4.69) is 18.7 Å². The van der Waals surface area contributed by atoms with Gasteiger partial charge in [-0.25, -0.2) is 4.39 Å². The van der Waals surface area contributed by atoms with Crippen LogP contribution < -0.4 is 10.6 Å². The Morgan fingerprint density at radius 3 is 2.56 bits per heavy atom. The van der Waals surface area contributed by atoms with Gasteiger partial charge in [-0.05, 0) is 30.4 Å². The molecule has 1 aliphatic heterocycles. The van der Waals surface area contributed by atoms with Crippen molar-refractivity contribution in [3.8, 4) is 0 Å². The lowest BCUT2D eigenvalue weighted by molar-refractivity contribution is 0.238. The molecule has 0 aromatic heterocycles. The average molecular weight is 250 g/mol. The fraction of sp³-hybridized carbons (Fsp3) is 0.600. The molecule has 1 saturated heterocycles. The minimum atomic E-state index is -0.182. The second kappa shape index (κ2) is 5.27. The Morgan fingerprint density at radius 1 is 1.33 bits per heavy atom. The van der Waals surface area contributed by atoms with Gasteiger partial charge in [-0.1, -0.05) is 26.3 Å². The Balaban J connectivity index is 2.17. The van der Waals surface area contributed by atoms with Crippen LogP contribution in [-0.2, 0) is 6.54 Å². The van der Waals surface area contributed by atoms with Crippen LogP contribution in [0.25, 0.3) is 0 Å². The summed E-state index contributed by atoms with van der Waals surface area (Å²) in [6.07, 6.45) is 3.56. The van der Waals surface area contributed by atoms with Crippen LogP contribution in [0, 0.1) is 11.2 Å². The second-order valence-electron chi connectivity index (χ2n) is 5.59. The van der Waals surface area contributed by atoms with Crippen LogP contribution in [0.5, 0.6) is 0 Å². The zero-order valence-corrected chi connectivity index (χ0v) is 11.4. The molecule has 18 heavy (non-hydrogen) atoms. The van der Waals surface area contributed by atoms with Crippen LogP contribution in [0.1, 0.15) is 38.7 Å². The third-order valence-corrected chi connectivity index (χ3v) is 4.46. The fourth-order valence-corrected chi connectivity index (χ4v) is 2.69. The van der Waals surface area contributed by atoms with Crippen molar-refractivity contribution in [1.82, 2.24) is 0 Å². The summed E-state index contributed by atoms with van der Waals surface area (Å²) in [4.78, 5) is 2.28. The Labute approximate surface area is 109 Å². The first-order valence-electron chi connectivity index (χ1n) is 6.82. The standard InChI is InChI=1S/C15H23FN2/c1-3-15(2)7-9-18(10-8-15)14-6-4-5-13(16)12(14)11-17/h4-6H,3,7-11,17H2,1-2H3. The van der Waals surface area contributed by atoms with Crippen LogP contribution in [0.2, 0.25) is 0 Å². The van der Waals surface area contributed by atoms with Crippen LogP contribution in [0.3, 0.4) is 0 Å². The van der Waals surface area contributed by atoms with Crippen LogP contribution in [0.15, 0.2) is 18.2 Å². The van der Waals surface area contributed by atoms with E-state index in [4.69, 9.17) is 5.73 Å². The number of piperidine rings is 1. The summed E-state index contributed by atoms with van der Waals surface area (Å²) in [6, 6.07) is 5.25. The van der Waals surface area contributed by atoms with Gasteiger partial charge in [0.05, 0.1) is 0 Å². The second-order valence-corrected chi connectivity index (χ2v) is 5.59. The average Bonchev–Trinajstić information content (AvgIpc) is 2.39. The zero-order chi connectivity index (χ0) is 13.2. The monoisotopic (exact) mass is 250 g/mol. The van der Waals surface area contributed by atoms with Crippen LogP contribution in [0.4, 0.5) is 10.1 Å². The number of rotatable bonds is 3. The minimum Gasteiger partial charge on any atom is -0.371 e. The summed E-state index contributed by atoms with van der Waals surface area (Å²) in [5.74, 6) is -0.182. The molecule has 1 aromatic rings. The number of benzene rings is 1. The highest BCUT2D eigenvalue weighted by molar-refractivity contribution is 5.54. The van der Waals surface area contributed by atoms with E-state index in [1.807, 2.05) is 6.07 Å². The topological polar surface area (TPSA) is 29.3 Å². The first kappa shape index (κ1) is 13.3. The van der Waals surface area contributed by atoms with Gasteiger partial charge in [0.25, 0.3) is 0 Å². The molecule has 100 valence electrons. The molecule has 0 atom stereocenters. The normalized spacial score (nSPS) is 19.0. The van der Waals surface area contributed by atoms with Gasteiger partial charge in [-0.3, -0.25) is 0 Å². The summed E-state index contributed by atoms with van der Waals surface area (Å²) in [5, 5.41) is 0. The van der Waals surface area contributed by atoms with E-state index < -0.39 is 0 Å². The number of hydrogen-bond donors (Lipinski definition) is 1. The number of hydrogen-bond acceptors (Lipinski definition) is 2. The number of nitrogens with zero attached hydrogens (tertiary/aromatic N) is 1. The molecule has 0 radical (unpaired) electrons. The van der Waals surface area contributed by atoms with E-state index >= 15 is 0 Å². The van der Waals surface area contributed by atoms with Gasteiger partial charge < -0.3 is 10.6 Å². The quantitative estimate of drug-likeness (QED) is 0.892. The molecule has 3 heteroatoms. The van der Waals surface area contributed by atoms with Crippen molar-refractivity contribution >= 4 is 5.69 Å². The molecule has 2 N–H and O–H groups in total. The van der Waals surface area contributed by atoms with E-state index in [9.17, 15) is 4.39 Å². The lowest BCUT2D eigenvalue weighted by atomic mass is 9.78. The molecule has 1 aliphatic rings. The maximum atomic E-state index is 13.7. The van der Waals surface area contributed by atoms with Crippen LogP contribution >= 0.6 is 0 Å². The van der Waals surface area contributed by atoms with Crippen molar-refractivity contribution in [2.75, 3.05) is 18.0 Å². The molecule has 1 fully saturated rings. The molecule has 0 spiro atoms. The van der Waals surface area contributed by atoms with Crippen molar-refractivity contribution in [3.05, 3.63) is 29.6 Å². The van der Waals surface area contributed by atoms with Crippen LogP contribution in [-0.4, -0.2) is 13.1 Å². The van der Waals surface area contributed by atoms with Gasteiger partial charge in [0.2, 0.25) is 0 Å². The molecule has 2 rings (SSSR count). The summed E-state index contributed by atoms with van der Waals surface area (Å²) >= 11 is 0. The van der Waals surface area contributed by atoms with E-state index in [0.29, 0.717) is 11.0 Å². The Kier molecular flexibility index (Phi) is 3.91. The predicted molar refractivity (Wildman–Crippen MR) is 74.1 cm³/mol. The first-order valence-corrected chi connectivity index (χ1v) is 6.82. The number of anilines is 1. The van der Waals surface area contributed by atoms with Gasteiger partial charge in [-0.15, -0.1) is 0 Å². The summed E-state index contributed by atoms with van der Waals surface area (Å²) in [7, 11) is 0. The first-order chi connectivity index (χ1) is 8.59. The van der Waals surface area contributed by atoms with Gasteiger partial charge in [0, 0.05) is 30.9 Å². The van der Waals surface area contributed by atoms with E-state index in [-0.39, 0.29) is 12.4 Å². The lowest BCUT2D eigenvalue weighted by Crippen LogP contribution is -2.39. The Hall–Kier alpha value is -1.09. The molecule has 0 unspecified atom stereocenters. The van der Waals surface area contributed by atoms with Gasteiger partial charge >= 0.3 is 0 Å². The van der Waals surface area contributed by atoms with Crippen molar-refractivity contribution in [1.29, 1.82) is 0 Å². The molecular formula is C15H23FN2. The van der Waals surface area contributed by atoms with Crippen molar-refractivity contribution in [2.24, 2.45) is 11.1 Å². The number of halogens is 1. The Bertz CT molecular complexity index is 409. The van der Waals surface area contributed by atoms with Gasteiger partial charge in [0.1, 0.15) is 5.82 Å². The Morgan fingerprint density at radius 2 is 2.00 bits per heavy atom. The largest absolute Gasteiger partial charge is 0.371 e. The van der Waals surface area contributed by atoms with Crippen molar-refractivity contribution < 1.29 is 4.39 Å². The lowest BCUT2D eigenvalue weighted by Gasteiger charge is -2.40. The molecule has 0 bridgehead atoms. The maximum Gasteiger partial charge on any atom is 0.129 e. The molecular weight excluding hydrogens is 227 g/mol. The maximum absolute atomic E-state index is 13.7. The summed E-state index contributed by atoms with van der Waals surface area (Å²) in [5.41, 5.74) is 7.75. The van der Waals surface area contributed by atoms with E-state index in [1.54, 1.807) is 6.07 Å². The fourth-order valence-electron chi connectivity index (χ4n) is 2.69. The zero-order valence-electron chi connectivity index (χ0n) is 11.4. The van der Waals surface area contributed by atoms with Gasteiger partial charge in [-0.2, -0.15) is 0 Å². The van der Waals surface area contributed by atoms with E-state index in [1.165, 1.54) is 25.3 Å². The highest BCUT2D eigenvalue weighted by atomic mass is 19.1. The smallest absolute Gasteiger partial charge is 0.129 e. The van der Waals surface area contributed by atoms with E-state index in [0.717, 1.165) is 18.8 Å². The number of nitrogens with two attached hydrogens (primary N) is 1. The van der Waals surface area contributed by atoms with Crippen molar-refractivity contribution in [3.63, 3.8) is 0 Å². The molecule has 1 aromatic carbocycles. The highest BCUT2D eigenvalue weighted by Gasteiger charge is 2.29. The highest BCUT2D eigenvalue weighted by Crippen LogP contribution is 2.36. The predicted octanol–water partition coefficient (Wildman–Crippen LogP) is 3.30. The molecule has 1 heterocycles. The minimum absolute atomic E-state index is 0.182. The van der Waals surface area contributed by atoms with Gasteiger partial charge in [0.15, 0.2) is 0 Å². The molecule has 0 aliphatic carbocycles. The molecule has 0 amide bonds.